The maximum Gasteiger partial charge on any atom is 0.309 e. The molecule has 4 nitrogen and oxygen atoms in total. The van der Waals surface area contributed by atoms with Crippen molar-refractivity contribution in [2.24, 2.45) is 5.10 Å². The normalized spacial score (nSPS) is 11.9. The average Bonchev–Trinajstić information content (AvgIpc) is 3.00. The van der Waals surface area contributed by atoms with E-state index in [1.165, 1.54) is 25.6 Å². The van der Waals surface area contributed by atoms with Gasteiger partial charge in [0.15, 0.2) is 5.76 Å². The molecule has 0 N–H and O–H groups in total. The number of carbonyl (C=O) groups is 1. The van der Waals surface area contributed by atoms with Crippen LogP contribution in [0.25, 0.3) is 6.08 Å². The standard InChI is InChI=1S/C16H15FN2O2/c1-12(10-13-6-3-4-7-14(13)17)11-18-19(2)16(20)15-8-5-9-21-15/h3-11H,1-2H3. The van der Waals surface area contributed by atoms with Gasteiger partial charge in [0.25, 0.3) is 0 Å². The Hall–Kier alpha value is -2.69. The van der Waals surface area contributed by atoms with Crippen molar-refractivity contribution in [1.29, 1.82) is 0 Å². The third-order valence-corrected chi connectivity index (χ3v) is 2.75. The topological polar surface area (TPSA) is 45.8 Å². The molecule has 0 aliphatic carbocycles. The Labute approximate surface area is 122 Å². The molecule has 0 saturated heterocycles. The number of furan rings is 1. The summed E-state index contributed by atoms with van der Waals surface area (Å²) < 4.78 is 18.5. The van der Waals surface area contributed by atoms with Crippen LogP contribution in [-0.2, 0) is 0 Å². The third kappa shape index (κ3) is 3.89. The Morgan fingerprint density at radius 1 is 1.29 bits per heavy atom. The Balaban J connectivity index is 2.07. The zero-order chi connectivity index (χ0) is 15.2. The maximum absolute atomic E-state index is 13.5. The van der Waals surface area contributed by atoms with E-state index in [9.17, 15) is 9.18 Å². The summed E-state index contributed by atoms with van der Waals surface area (Å²) in [6.45, 7) is 1.78. The SMILES string of the molecule is CC(C=NN(C)C(=O)c1ccco1)=Cc1ccccc1F. The predicted octanol–water partition coefficient (Wildman–Crippen LogP) is 3.58. The second kappa shape index (κ2) is 6.65. The zero-order valence-electron chi connectivity index (χ0n) is 11.8. The number of rotatable bonds is 4. The molecule has 2 aromatic rings. The number of allylic oxidation sites excluding steroid dienone is 1. The molecule has 0 fully saturated rings. The fraction of sp³-hybridized carbons (Fsp3) is 0.125. The van der Waals surface area contributed by atoms with Crippen LogP contribution in [0.4, 0.5) is 4.39 Å². The Morgan fingerprint density at radius 3 is 2.71 bits per heavy atom. The zero-order valence-corrected chi connectivity index (χ0v) is 11.8. The van der Waals surface area contributed by atoms with Crippen LogP contribution in [-0.4, -0.2) is 24.2 Å². The van der Waals surface area contributed by atoms with Crippen molar-refractivity contribution < 1.29 is 13.6 Å². The quantitative estimate of drug-likeness (QED) is 0.637. The molecule has 1 aromatic carbocycles. The van der Waals surface area contributed by atoms with E-state index in [0.29, 0.717) is 5.56 Å². The fourth-order valence-corrected chi connectivity index (χ4v) is 1.66. The van der Waals surface area contributed by atoms with Crippen molar-refractivity contribution >= 4 is 18.2 Å². The monoisotopic (exact) mass is 286 g/mol. The molecule has 0 atom stereocenters. The molecule has 0 aliphatic rings. The Morgan fingerprint density at radius 2 is 2.05 bits per heavy atom. The van der Waals surface area contributed by atoms with E-state index in [-0.39, 0.29) is 17.5 Å². The van der Waals surface area contributed by atoms with Crippen LogP contribution < -0.4 is 0 Å². The molecule has 0 spiro atoms. The van der Waals surface area contributed by atoms with Crippen LogP contribution in [0.3, 0.4) is 0 Å². The van der Waals surface area contributed by atoms with Gasteiger partial charge < -0.3 is 4.42 Å². The lowest BCUT2D eigenvalue weighted by Gasteiger charge is -2.08. The number of amides is 1. The van der Waals surface area contributed by atoms with Gasteiger partial charge in [0.1, 0.15) is 5.82 Å². The molecular formula is C16H15FN2O2. The van der Waals surface area contributed by atoms with E-state index in [0.717, 1.165) is 10.6 Å². The van der Waals surface area contributed by atoms with Crippen molar-refractivity contribution in [2.75, 3.05) is 7.05 Å². The van der Waals surface area contributed by atoms with Crippen LogP contribution in [0.5, 0.6) is 0 Å². The molecule has 0 bridgehead atoms. The van der Waals surface area contributed by atoms with E-state index in [1.54, 1.807) is 43.3 Å². The summed E-state index contributed by atoms with van der Waals surface area (Å²) in [6, 6.07) is 9.65. The lowest BCUT2D eigenvalue weighted by molar-refractivity contribution is 0.0769. The number of nitrogens with zero attached hydrogens (tertiary/aromatic N) is 2. The smallest absolute Gasteiger partial charge is 0.309 e. The van der Waals surface area contributed by atoms with Gasteiger partial charge in [-0.25, -0.2) is 9.40 Å². The highest BCUT2D eigenvalue weighted by molar-refractivity contribution is 5.92. The molecule has 108 valence electrons. The van der Waals surface area contributed by atoms with Crippen LogP contribution in [0, 0.1) is 5.82 Å². The van der Waals surface area contributed by atoms with E-state index in [2.05, 4.69) is 5.10 Å². The first-order valence-corrected chi connectivity index (χ1v) is 6.36. The second-order valence-corrected chi connectivity index (χ2v) is 4.46. The summed E-state index contributed by atoms with van der Waals surface area (Å²) >= 11 is 0. The number of hydrogen-bond donors (Lipinski definition) is 0. The van der Waals surface area contributed by atoms with Gasteiger partial charge >= 0.3 is 5.91 Å². The van der Waals surface area contributed by atoms with Crippen LogP contribution in [0.1, 0.15) is 23.0 Å². The lowest BCUT2D eigenvalue weighted by atomic mass is 10.1. The van der Waals surface area contributed by atoms with Gasteiger partial charge in [-0.05, 0) is 36.8 Å². The summed E-state index contributed by atoms with van der Waals surface area (Å²) in [4.78, 5) is 11.9. The maximum atomic E-state index is 13.5. The minimum absolute atomic E-state index is 0.213. The number of carbonyl (C=O) groups excluding carboxylic acids is 1. The molecule has 2 rings (SSSR count). The highest BCUT2D eigenvalue weighted by Gasteiger charge is 2.12. The van der Waals surface area contributed by atoms with Crippen molar-refractivity contribution in [3.05, 3.63) is 65.4 Å². The summed E-state index contributed by atoms with van der Waals surface area (Å²) in [5.74, 6) is -0.439. The molecule has 0 unspecified atom stereocenters. The van der Waals surface area contributed by atoms with Gasteiger partial charge in [-0.1, -0.05) is 18.2 Å². The van der Waals surface area contributed by atoms with E-state index in [4.69, 9.17) is 4.42 Å². The molecular weight excluding hydrogens is 271 g/mol. The second-order valence-electron chi connectivity index (χ2n) is 4.46. The molecule has 0 radical (unpaired) electrons. The molecule has 1 amide bonds. The van der Waals surface area contributed by atoms with Gasteiger partial charge in [-0.2, -0.15) is 5.10 Å². The third-order valence-electron chi connectivity index (χ3n) is 2.75. The number of halogens is 1. The molecule has 1 aromatic heterocycles. The molecule has 21 heavy (non-hydrogen) atoms. The van der Waals surface area contributed by atoms with Crippen molar-refractivity contribution in [1.82, 2.24) is 5.01 Å². The first-order valence-electron chi connectivity index (χ1n) is 6.36. The minimum Gasteiger partial charge on any atom is -0.459 e. The van der Waals surface area contributed by atoms with Gasteiger partial charge in [0, 0.05) is 12.6 Å². The largest absolute Gasteiger partial charge is 0.459 e. The Bertz CT molecular complexity index is 675. The molecule has 0 saturated carbocycles. The van der Waals surface area contributed by atoms with Crippen molar-refractivity contribution in [3.8, 4) is 0 Å². The van der Waals surface area contributed by atoms with Gasteiger partial charge in [0.05, 0.1) is 12.5 Å². The molecule has 1 heterocycles. The average molecular weight is 286 g/mol. The first-order chi connectivity index (χ1) is 10.1. The van der Waals surface area contributed by atoms with E-state index >= 15 is 0 Å². The highest BCUT2D eigenvalue weighted by Crippen LogP contribution is 2.10. The predicted molar refractivity (Wildman–Crippen MR) is 79.3 cm³/mol. The van der Waals surface area contributed by atoms with E-state index in [1.807, 2.05) is 0 Å². The van der Waals surface area contributed by atoms with Crippen LogP contribution in [0.15, 0.2) is 57.8 Å². The van der Waals surface area contributed by atoms with Gasteiger partial charge in [-0.3, -0.25) is 4.79 Å². The molecule has 0 aliphatic heterocycles. The first kappa shape index (κ1) is 14.7. The number of hydrogen-bond acceptors (Lipinski definition) is 3. The lowest BCUT2D eigenvalue weighted by Crippen LogP contribution is -2.20. The number of benzene rings is 1. The van der Waals surface area contributed by atoms with Crippen molar-refractivity contribution in [3.63, 3.8) is 0 Å². The molecule has 5 heteroatoms. The minimum atomic E-state index is -0.352. The fourth-order valence-electron chi connectivity index (χ4n) is 1.66. The van der Waals surface area contributed by atoms with Gasteiger partial charge in [-0.15, -0.1) is 0 Å². The van der Waals surface area contributed by atoms with Crippen molar-refractivity contribution in [2.45, 2.75) is 6.92 Å². The van der Waals surface area contributed by atoms with E-state index < -0.39 is 0 Å². The summed E-state index contributed by atoms with van der Waals surface area (Å²) in [5, 5.41) is 5.18. The summed E-state index contributed by atoms with van der Waals surface area (Å²) in [5.41, 5.74) is 1.20. The Kier molecular flexibility index (Phi) is 4.66. The number of hydrazone groups is 1. The highest BCUT2D eigenvalue weighted by atomic mass is 19.1. The van der Waals surface area contributed by atoms with Crippen LogP contribution in [0.2, 0.25) is 0 Å². The van der Waals surface area contributed by atoms with Gasteiger partial charge in [0.2, 0.25) is 0 Å². The summed E-state index contributed by atoms with van der Waals surface area (Å²) in [6.07, 6.45) is 4.57. The van der Waals surface area contributed by atoms with Crippen LogP contribution >= 0.6 is 0 Å². The summed E-state index contributed by atoms with van der Waals surface area (Å²) in [7, 11) is 1.53.